The molecule has 2 aliphatic rings. The van der Waals surface area contributed by atoms with Crippen LogP contribution < -0.4 is 0 Å². The third-order valence-electron chi connectivity index (χ3n) is 2.92. The number of nitrogens with zero attached hydrogens (tertiary/aromatic N) is 1. The number of ether oxygens (including phenoxy) is 1. The van der Waals surface area contributed by atoms with Gasteiger partial charge < -0.3 is 9.64 Å². The SMILES string of the molecule is CC1CN(C)CCC12CO2. The molecule has 2 fully saturated rings. The second kappa shape index (κ2) is 1.95. The maximum atomic E-state index is 5.47. The Kier molecular flexibility index (Phi) is 1.29. The standard InChI is InChI=1S/C8H15NO/c1-7-5-9(2)4-3-8(7)6-10-8/h7H,3-6H2,1-2H3. The summed E-state index contributed by atoms with van der Waals surface area (Å²) in [6.07, 6.45) is 1.24. The molecule has 2 nitrogen and oxygen atoms in total. The third kappa shape index (κ3) is 0.867. The van der Waals surface area contributed by atoms with Crippen LogP contribution in [0.4, 0.5) is 0 Å². The molecule has 2 heteroatoms. The largest absolute Gasteiger partial charge is 0.369 e. The Hall–Kier alpha value is -0.0800. The molecule has 58 valence electrons. The lowest BCUT2D eigenvalue weighted by Gasteiger charge is -2.32. The molecule has 0 aliphatic carbocycles. The Balaban J connectivity index is 2.01. The van der Waals surface area contributed by atoms with E-state index in [0.29, 0.717) is 5.60 Å². The molecule has 2 rings (SSSR count). The zero-order valence-electron chi connectivity index (χ0n) is 6.76. The van der Waals surface area contributed by atoms with Gasteiger partial charge >= 0.3 is 0 Å². The Morgan fingerprint density at radius 3 is 2.80 bits per heavy atom. The minimum atomic E-state index is 0.326. The van der Waals surface area contributed by atoms with Crippen molar-refractivity contribution in [1.82, 2.24) is 4.90 Å². The van der Waals surface area contributed by atoms with Gasteiger partial charge in [0.05, 0.1) is 12.2 Å². The molecule has 0 saturated carbocycles. The highest BCUT2D eigenvalue weighted by Crippen LogP contribution is 2.41. The maximum absolute atomic E-state index is 5.47. The molecule has 0 radical (unpaired) electrons. The van der Waals surface area contributed by atoms with Crippen LogP contribution in [-0.4, -0.2) is 37.2 Å². The van der Waals surface area contributed by atoms with Gasteiger partial charge in [-0.05, 0) is 13.5 Å². The number of hydrogen-bond acceptors (Lipinski definition) is 2. The van der Waals surface area contributed by atoms with E-state index in [1.165, 1.54) is 19.5 Å². The van der Waals surface area contributed by atoms with E-state index in [1.54, 1.807) is 0 Å². The summed E-state index contributed by atoms with van der Waals surface area (Å²) in [6, 6.07) is 0. The van der Waals surface area contributed by atoms with Gasteiger partial charge in [-0.25, -0.2) is 0 Å². The van der Waals surface area contributed by atoms with E-state index < -0.39 is 0 Å². The molecular weight excluding hydrogens is 126 g/mol. The lowest BCUT2D eigenvalue weighted by Crippen LogP contribution is -2.41. The lowest BCUT2D eigenvalue weighted by atomic mass is 9.88. The maximum Gasteiger partial charge on any atom is 0.0966 e. The van der Waals surface area contributed by atoms with Crippen molar-refractivity contribution in [2.24, 2.45) is 5.92 Å². The molecule has 0 aromatic heterocycles. The molecule has 0 amide bonds. The van der Waals surface area contributed by atoms with E-state index in [9.17, 15) is 0 Å². The molecule has 0 aromatic carbocycles. The summed E-state index contributed by atoms with van der Waals surface area (Å²) in [4.78, 5) is 2.39. The fourth-order valence-corrected chi connectivity index (χ4v) is 1.87. The normalized spacial score (nSPS) is 48.0. The number of hydrogen-bond donors (Lipinski definition) is 0. The van der Waals surface area contributed by atoms with E-state index >= 15 is 0 Å². The zero-order valence-corrected chi connectivity index (χ0v) is 6.76. The van der Waals surface area contributed by atoms with Crippen molar-refractivity contribution in [1.29, 1.82) is 0 Å². The van der Waals surface area contributed by atoms with Gasteiger partial charge in [0.2, 0.25) is 0 Å². The molecule has 1 spiro atoms. The highest BCUT2D eigenvalue weighted by atomic mass is 16.6. The molecule has 2 heterocycles. The van der Waals surface area contributed by atoms with E-state index in [1.807, 2.05) is 0 Å². The topological polar surface area (TPSA) is 15.8 Å². The van der Waals surface area contributed by atoms with Crippen molar-refractivity contribution in [3.8, 4) is 0 Å². The fourth-order valence-electron chi connectivity index (χ4n) is 1.87. The first-order chi connectivity index (χ1) is 4.73. The molecule has 0 bridgehead atoms. The minimum absolute atomic E-state index is 0.326. The van der Waals surface area contributed by atoms with E-state index in [4.69, 9.17) is 4.74 Å². The van der Waals surface area contributed by atoms with Crippen LogP contribution in [0.1, 0.15) is 13.3 Å². The quantitative estimate of drug-likeness (QED) is 0.462. The number of piperidine rings is 1. The van der Waals surface area contributed by atoms with Gasteiger partial charge in [-0.2, -0.15) is 0 Å². The van der Waals surface area contributed by atoms with Crippen molar-refractivity contribution in [3.63, 3.8) is 0 Å². The summed E-state index contributed by atoms with van der Waals surface area (Å²) in [7, 11) is 2.19. The van der Waals surface area contributed by atoms with Crippen LogP contribution >= 0.6 is 0 Å². The molecule has 2 saturated heterocycles. The zero-order chi connectivity index (χ0) is 7.19. The average molecular weight is 141 g/mol. The summed E-state index contributed by atoms with van der Waals surface area (Å²) < 4.78 is 5.47. The Morgan fingerprint density at radius 2 is 2.30 bits per heavy atom. The summed E-state index contributed by atoms with van der Waals surface area (Å²) in [5, 5.41) is 0. The minimum Gasteiger partial charge on any atom is -0.369 e. The highest BCUT2D eigenvalue weighted by Gasteiger charge is 2.51. The molecule has 2 atom stereocenters. The fraction of sp³-hybridized carbons (Fsp3) is 1.00. The number of likely N-dealkylation sites (tertiary alicyclic amines) is 1. The van der Waals surface area contributed by atoms with Crippen molar-refractivity contribution in [2.45, 2.75) is 18.9 Å². The van der Waals surface area contributed by atoms with Crippen molar-refractivity contribution in [2.75, 3.05) is 26.7 Å². The predicted molar refractivity (Wildman–Crippen MR) is 40.0 cm³/mol. The van der Waals surface area contributed by atoms with Crippen molar-refractivity contribution >= 4 is 0 Å². The van der Waals surface area contributed by atoms with Gasteiger partial charge in [-0.15, -0.1) is 0 Å². The Bertz CT molecular complexity index is 142. The van der Waals surface area contributed by atoms with Crippen LogP contribution in [0.15, 0.2) is 0 Å². The summed E-state index contributed by atoms with van der Waals surface area (Å²) in [5.41, 5.74) is 0.326. The van der Waals surface area contributed by atoms with Gasteiger partial charge in [-0.1, -0.05) is 6.92 Å². The summed E-state index contributed by atoms with van der Waals surface area (Å²) in [5.74, 6) is 0.742. The number of epoxide rings is 1. The van der Waals surface area contributed by atoms with Gasteiger partial charge in [0, 0.05) is 19.0 Å². The Labute approximate surface area is 62.2 Å². The predicted octanol–water partition coefficient (Wildman–Crippen LogP) is 0.727. The lowest BCUT2D eigenvalue weighted by molar-refractivity contribution is 0.111. The molecule has 2 unspecified atom stereocenters. The van der Waals surface area contributed by atoms with E-state index in [-0.39, 0.29) is 0 Å². The second-order valence-corrected chi connectivity index (χ2v) is 3.77. The van der Waals surface area contributed by atoms with E-state index in [2.05, 4.69) is 18.9 Å². The van der Waals surface area contributed by atoms with Gasteiger partial charge in [0.1, 0.15) is 0 Å². The molecule has 10 heavy (non-hydrogen) atoms. The first-order valence-electron chi connectivity index (χ1n) is 4.05. The molecule has 0 aromatic rings. The van der Waals surface area contributed by atoms with Crippen LogP contribution in [0.25, 0.3) is 0 Å². The van der Waals surface area contributed by atoms with Gasteiger partial charge in [0.25, 0.3) is 0 Å². The smallest absolute Gasteiger partial charge is 0.0966 e. The summed E-state index contributed by atoms with van der Waals surface area (Å²) >= 11 is 0. The third-order valence-corrected chi connectivity index (χ3v) is 2.92. The monoisotopic (exact) mass is 141 g/mol. The Morgan fingerprint density at radius 1 is 1.60 bits per heavy atom. The number of rotatable bonds is 0. The highest BCUT2D eigenvalue weighted by molar-refractivity contribution is 5.00. The first kappa shape index (κ1) is 6.62. The van der Waals surface area contributed by atoms with Crippen molar-refractivity contribution < 1.29 is 4.74 Å². The van der Waals surface area contributed by atoms with Crippen LogP contribution in [0.3, 0.4) is 0 Å². The molecular formula is C8H15NO. The molecule has 0 N–H and O–H groups in total. The van der Waals surface area contributed by atoms with Crippen molar-refractivity contribution in [3.05, 3.63) is 0 Å². The van der Waals surface area contributed by atoms with Gasteiger partial charge in [0.15, 0.2) is 0 Å². The molecule has 2 aliphatic heterocycles. The van der Waals surface area contributed by atoms with E-state index in [0.717, 1.165) is 12.5 Å². The first-order valence-corrected chi connectivity index (χ1v) is 4.05. The van der Waals surface area contributed by atoms with Gasteiger partial charge in [-0.3, -0.25) is 0 Å². The van der Waals surface area contributed by atoms with Crippen LogP contribution in [0, 0.1) is 5.92 Å². The van der Waals surface area contributed by atoms with Crippen LogP contribution in [0.2, 0.25) is 0 Å². The van der Waals surface area contributed by atoms with Crippen LogP contribution in [-0.2, 0) is 4.74 Å². The average Bonchev–Trinajstić information content (AvgIpc) is 2.62. The second-order valence-electron chi connectivity index (χ2n) is 3.77. The summed E-state index contributed by atoms with van der Waals surface area (Å²) in [6.45, 7) is 5.73. The van der Waals surface area contributed by atoms with Crippen LogP contribution in [0.5, 0.6) is 0 Å².